The Bertz CT molecular complexity index is 797. The zero-order chi connectivity index (χ0) is 16.0. The average molecular weight is 310 g/mol. The molecule has 23 heavy (non-hydrogen) atoms. The van der Waals surface area contributed by atoms with Crippen LogP contribution in [0.25, 0.3) is 0 Å². The van der Waals surface area contributed by atoms with Crippen LogP contribution in [0.2, 0.25) is 0 Å². The fraction of sp³-hybridized carbons (Fsp3) is 0.353. The van der Waals surface area contributed by atoms with Crippen LogP contribution in [0.4, 0.5) is 4.79 Å². The van der Waals surface area contributed by atoms with Gasteiger partial charge in [0.15, 0.2) is 0 Å². The number of rotatable bonds is 3. The second-order valence-corrected chi connectivity index (χ2v) is 6.01. The van der Waals surface area contributed by atoms with Gasteiger partial charge in [0.2, 0.25) is 0 Å². The molecule has 1 N–H and O–H groups in total. The summed E-state index contributed by atoms with van der Waals surface area (Å²) in [5.41, 5.74) is 1.18. The van der Waals surface area contributed by atoms with Crippen LogP contribution in [-0.4, -0.2) is 26.4 Å². The Morgan fingerprint density at radius 3 is 2.96 bits per heavy atom. The summed E-state index contributed by atoms with van der Waals surface area (Å²) in [7, 11) is 0. The first-order chi connectivity index (χ1) is 11.2. The van der Waals surface area contributed by atoms with Gasteiger partial charge in [-0.25, -0.2) is 9.78 Å². The van der Waals surface area contributed by atoms with Crippen molar-refractivity contribution in [1.82, 2.24) is 19.8 Å². The maximum atomic E-state index is 13.0. The highest BCUT2D eigenvalue weighted by molar-refractivity contribution is 6.08. The van der Waals surface area contributed by atoms with Gasteiger partial charge in [0.1, 0.15) is 11.4 Å². The van der Waals surface area contributed by atoms with Crippen molar-refractivity contribution in [3.8, 4) is 0 Å². The van der Waals surface area contributed by atoms with Crippen LogP contribution in [-0.2, 0) is 29.8 Å². The van der Waals surface area contributed by atoms with Gasteiger partial charge in [-0.05, 0) is 30.9 Å². The monoisotopic (exact) mass is 310 g/mol. The van der Waals surface area contributed by atoms with Crippen molar-refractivity contribution < 1.29 is 9.59 Å². The molecule has 1 aliphatic carbocycles. The van der Waals surface area contributed by atoms with E-state index in [1.54, 1.807) is 6.20 Å². The van der Waals surface area contributed by atoms with Gasteiger partial charge in [-0.15, -0.1) is 0 Å². The van der Waals surface area contributed by atoms with Crippen molar-refractivity contribution in [3.63, 3.8) is 0 Å². The molecule has 118 valence electrons. The summed E-state index contributed by atoms with van der Waals surface area (Å²) < 4.78 is 1.94. The van der Waals surface area contributed by atoms with E-state index >= 15 is 0 Å². The van der Waals surface area contributed by atoms with Crippen molar-refractivity contribution in [2.75, 3.05) is 0 Å². The molecule has 1 aromatic carbocycles. The number of aromatic nitrogens is 2. The lowest BCUT2D eigenvalue weighted by atomic mass is 9.92. The Morgan fingerprint density at radius 1 is 1.30 bits per heavy atom. The van der Waals surface area contributed by atoms with Crippen molar-refractivity contribution >= 4 is 11.9 Å². The van der Waals surface area contributed by atoms with Gasteiger partial charge in [0, 0.05) is 18.9 Å². The Hall–Kier alpha value is -2.63. The number of nitrogens with one attached hydrogen (secondary N) is 1. The molecule has 1 unspecified atom stereocenters. The Labute approximate surface area is 134 Å². The molecule has 2 aliphatic rings. The van der Waals surface area contributed by atoms with Crippen molar-refractivity contribution in [2.24, 2.45) is 0 Å². The number of benzene rings is 1. The highest BCUT2D eigenvalue weighted by atomic mass is 16.2. The predicted molar refractivity (Wildman–Crippen MR) is 83.4 cm³/mol. The molecule has 1 fully saturated rings. The molecular weight excluding hydrogens is 292 g/mol. The van der Waals surface area contributed by atoms with Gasteiger partial charge in [0.05, 0.1) is 6.54 Å². The van der Waals surface area contributed by atoms with Crippen LogP contribution < -0.4 is 5.32 Å². The second kappa shape index (κ2) is 4.94. The molecule has 1 spiro atoms. The maximum absolute atomic E-state index is 13.0. The summed E-state index contributed by atoms with van der Waals surface area (Å²) in [4.78, 5) is 31.0. The van der Waals surface area contributed by atoms with Crippen LogP contribution in [0.15, 0.2) is 36.7 Å². The zero-order valence-electron chi connectivity index (χ0n) is 13.0. The third-order valence-corrected chi connectivity index (χ3v) is 4.86. The molecule has 2 heterocycles. The standard InChI is InChI=1S/C17H18N4O2/c1-2-20-10-9-18-14(20)11-21-15(22)17(19-16(21)23)8-7-12-5-3-4-6-13(12)17/h3-6,9-10H,2,7-8,11H2,1H3,(H,19,23). The normalized spacial score (nSPS) is 22.7. The minimum Gasteiger partial charge on any atom is -0.334 e. The van der Waals surface area contributed by atoms with Crippen LogP contribution >= 0.6 is 0 Å². The number of aryl methyl sites for hydroxylation is 2. The summed E-state index contributed by atoms with van der Waals surface area (Å²) >= 11 is 0. The summed E-state index contributed by atoms with van der Waals surface area (Å²) in [6.45, 7) is 2.97. The molecule has 2 aromatic rings. The highest BCUT2D eigenvalue weighted by Gasteiger charge is 2.55. The lowest BCUT2D eigenvalue weighted by molar-refractivity contribution is -0.132. The SMILES string of the molecule is CCn1ccnc1CN1C(=O)NC2(CCc3ccccc32)C1=O. The first-order valence-corrected chi connectivity index (χ1v) is 7.88. The van der Waals surface area contributed by atoms with E-state index in [4.69, 9.17) is 0 Å². The third kappa shape index (κ3) is 1.91. The maximum Gasteiger partial charge on any atom is 0.325 e. The number of hydrogen-bond acceptors (Lipinski definition) is 3. The molecule has 1 aliphatic heterocycles. The summed E-state index contributed by atoms with van der Waals surface area (Å²) in [6, 6.07) is 7.51. The molecule has 1 saturated heterocycles. The third-order valence-electron chi connectivity index (χ3n) is 4.86. The second-order valence-electron chi connectivity index (χ2n) is 6.01. The van der Waals surface area contributed by atoms with E-state index in [1.807, 2.05) is 42.0 Å². The molecule has 0 bridgehead atoms. The molecule has 4 rings (SSSR count). The number of carbonyl (C=O) groups excluding carboxylic acids is 2. The molecular formula is C17H18N4O2. The number of imide groups is 1. The Kier molecular flexibility index (Phi) is 3.01. The molecule has 6 nitrogen and oxygen atoms in total. The van der Waals surface area contributed by atoms with Crippen LogP contribution in [0, 0.1) is 0 Å². The van der Waals surface area contributed by atoms with Gasteiger partial charge in [-0.3, -0.25) is 9.69 Å². The van der Waals surface area contributed by atoms with E-state index < -0.39 is 5.54 Å². The lowest BCUT2D eigenvalue weighted by Gasteiger charge is -2.22. The largest absolute Gasteiger partial charge is 0.334 e. The van der Waals surface area contributed by atoms with E-state index in [0.717, 1.165) is 29.9 Å². The van der Waals surface area contributed by atoms with E-state index in [-0.39, 0.29) is 18.5 Å². The summed E-state index contributed by atoms with van der Waals surface area (Å²) in [6.07, 6.45) is 4.97. The highest BCUT2D eigenvalue weighted by Crippen LogP contribution is 2.41. The predicted octanol–water partition coefficient (Wildman–Crippen LogP) is 1.80. The molecule has 6 heteroatoms. The number of carbonyl (C=O) groups is 2. The molecule has 1 aromatic heterocycles. The topological polar surface area (TPSA) is 67.2 Å². The van der Waals surface area contributed by atoms with E-state index in [1.165, 1.54) is 4.90 Å². The van der Waals surface area contributed by atoms with Gasteiger partial charge in [-0.2, -0.15) is 0 Å². The number of fused-ring (bicyclic) bond motifs is 2. The van der Waals surface area contributed by atoms with Gasteiger partial charge >= 0.3 is 6.03 Å². The van der Waals surface area contributed by atoms with Crippen LogP contribution in [0.5, 0.6) is 0 Å². The molecule has 1 atom stereocenters. The van der Waals surface area contributed by atoms with E-state index in [0.29, 0.717) is 6.42 Å². The first-order valence-electron chi connectivity index (χ1n) is 7.88. The molecule has 3 amide bonds. The molecule has 0 saturated carbocycles. The average Bonchev–Trinajstić information content (AvgIpc) is 3.22. The summed E-state index contributed by atoms with van der Waals surface area (Å²) in [5.74, 6) is 0.553. The minimum absolute atomic E-state index is 0.168. The Morgan fingerprint density at radius 2 is 2.13 bits per heavy atom. The number of hydrogen-bond donors (Lipinski definition) is 1. The number of urea groups is 1. The summed E-state index contributed by atoms with van der Waals surface area (Å²) in [5, 5.41) is 2.94. The number of amides is 3. The molecule has 0 radical (unpaired) electrons. The zero-order valence-corrected chi connectivity index (χ0v) is 13.0. The smallest absolute Gasteiger partial charge is 0.325 e. The lowest BCUT2D eigenvalue weighted by Crippen LogP contribution is -2.41. The van der Waals surface area contributed by atoms with Gasteiger partial charge < -0.3 is 9.88 Å². The minimum atomic E-state index is -0.892. The Balaban J connectivity index is 1.68. The van der Waals surface area contributed by atoms with Crippen LogP contribution in [0.1, 0.15) is 30.3 Å². The van der Waals surface area contributed by atoms with E-state index in [9.17, 15) is 9.59 Å². The van der Waals surface area contributed by atoms with Crippen LogP contribution in [0.3, 0.4) is 0 Å². The van der Waals surface area contributed by atoms with Crippen molar-refractivity contribution in [2.45, 2.75) is 38.4 Å². The van der Waals surface area contributed by atoms with Gasteiger partial charge in [-0.1, -0.05) is 24.3 Å². The van der Waals surface area contributed by atoms with Gasteiger partial charge in [0.25, 0.3) is 5.91 Å². The number of imidazole rings is 1. The van der Waals surface area contributed by atoms with Crippen molar-refractivity contribution in [3.05, 3.63) is 53.6 Å². The number of nitrogens with zero attached hydrogens (tertiary/aromatic N) is 3. The van der Waals surface area contributed by atoms with Crippen molar-refractivity contribution in [1.29, 1.82) is 0 Å². The fourth-order valence-electron chi connectivity index (χ4n) is 3.65. The quantitative estimate of drug-likeness (QED) is 0.879. The van der Waals surface area contributed by atoms with E-state index in [2.05, 4.69) is 10.3 Å². The fourth-order valence-corrected chi connectivity index (χ4v) is 3.65. The first kappa shape index (κ1) is 14.0.